The lowest BCUT2D eigenvalue weighted by atomic mass is 9.92. The van der Waals surface area contributed by atoms with Gasteiger partial charge in [-0.1, -0.05) is 37.1 Å². The normalized spacial score (nSPS) is 17.9. The molecule has 2 atom stereocenters. The first-order chi connectivity index (χ1) is 17.0. The van der Waals surface area contributed by atoms with E-state index < -0.39 is 6.10 Å². The number of rotatable bonds is 6. The average molecular weight is 471 g/mol. The minimum absolute atomic E-state index is 0.241. The fourth-order valence-corrected chi connectivity index (χ4v) is 4.67. The van der Waals surface area contributed by atoms with Crippen molar-refractivity contribution in [1.82, 2.24) is 29.9 Å². The third-order valence-corrected chi connectivity index (χ3v) is 6.71. The Morgan fingerprint density at radius 2 is 1.94 bits per heavy atom. The van der Waals surface area contributed by atoms with Gasteiger partial charge in [-0.25, -0.2) is 9.67 Å². The number of benzene rings is 1. The molecule has 0 saturated heterocycles. The molecule has 3 aromatic heterocycles. The first-order valence-corrected chi connectivity index (χ1v) is 12.1. The molecule has 0 aliphatic heterocycles. The monoisotopic (exact) mass is 470 g/mol. The van der Waals surface area contributed by atoms with Crippen LogP contribution >= 0.6 is 0 Å². The van der Waals surface area contributed by atoms with Crippen molar-refractivity contribution in [3.8, 4) is 17.1 Å². The van der Waals surface area contributed by atoms with Crippen LogP contribution in [0.15, 0.2) is 61.1 Å². The van der Waals surface area contributed by atoms with Crippen molar-refractivity contribution in [3.05, 3.63) is 83.4 Å². The second-order valence-corrected chi connectivity index (χ2v) is 9.25. The molecule has 3 heterocycles. The molecule has 1 aliphatic carbocycles. The zero-order valence-corrected chi connectivity index (χ0v) is 20.1. The molecule has 1 fully saturated rings. The Morgan fingerprint density at radius 3 is 2.63 bits per heavy atom. The van der Waals surface area contributed by atoms with Gasteiger partial charge in [0.05, 0.1) is 17.8 Å². The zero-order valence-electron chi connectivity index (χ0n) is 20.1. The highest BCUT2D eigenvalue weighted by molar-refractivity contribution is 5.93. The highest BCUT2D eigenvalue weighted by Crippen LogP contribution is 2.24. The summed E-state index contributed by atoms with van der Waals surface area (Å²) in [4.78, 5) is 17.8. The number of carbonyl (C=O) groups is 1. The maximum Gasteiger partial charge on any atom is 0.270 e. The average Bonchev–Trinajstić information content (AvgIpc) is 3.54. The summed E-state index contributed by atoms with van der Waals surface area (Å²) in [7, 11) is 1.91. The summed E-state index contributed by atoms with van der Waals surface area (Å²) >= 11 is 0. The summed E-state index contributed by atoms with van der Waals surface area (Å²) in [5.41, 5.74) is 5.42. The Morgan fingerprint density at radius 1 is 1.14 bits per heavy atom. The van der Waals surface area contributed by atoms with Gasteiger partial charge in [0.2, 0.25) is 0 Å². The van der Waals surface area contributed by atoms with E-state index in [9.17, 15) is 9.90 Å². The minimum atomic E-state index is -0.513. The predicted molar refractivity (Wildman–Crippen MR) is 133 cm³/mol. The molecule has 1 aliphatic rings. The van der Waals surface area contributed by atoms with Gasteiger partial charge >= 0.3 is 0 Å². The van der Waals surface area contributed by atoms with E-state index in [1.54, 1.807) is 15.6 Å². The fraction of sp³-hybridized carbons (Fsp3) is 0.333. The molecule has 8 heteroatoms. The highest BCUT2D eigenvalue weighted by atomic mass is 16.3. The molecule has 2 N–H and O–H groups in total. The molecule has 0 unspecified atom stereocenters. The van der Waals surface area contributed by atoms with Crippen LogP contribution in [-0.2, 0) is 13.5 Å². The van der Waals surface area contributed by atoms with Crippen LogP contribution in [0.1, 0.15) is 52.9 Å². The van der Waals surface area contributed by atoms with Crippen LogP contribution in [0.25, 0.3) is 17.1 Å². The lowest BCUT2D eigenvalue weighted by Crippen LogP contribution is -2.45. The molecular formula is C27H30N6O2. The molecule has 0 bridgehead atoms. The van der Waals surface area contributed by atoms with Crippen LogP contribution in [0, 0.1) is 6.92 Å². The van der Waals surface area contributed by atoms with E-state index >= 15 is 0 Å². The number of aryl methyl sites for hydroxylation is 1. The molecule has 1 amide bonds. The van der Waals surface area contributed by atoms with Gasteiger partial charge in [-0.15, -0.1) is 0 Å². The van der Waals surface area contributed by atoms with Crippen molar-refractivity contribution in [2.45, 2.75) is 51.2 Å². The SMILES string of the molecule is Cc1c(Cc2ccc(-c3ccn(C)n3)cc2)cc(C(=O)N[C@H]2CCCC[C@@H]2O)nc1-n1cccn1. The Kier molecular flexibility index (Phi) is 6.46. The Hall–Kier alpha value is -3.78. The lowest BCUT2D eigenvalue weighted by molar-refractivity contribution is 0.0713. The van der Waals surface area contributed by atoms with Crippen molar-refractivity contribution < 1.29 is 9.90 Å². The van der Waals surface area contributed by atoms with E-state index in [-0.39, 0.29) is 11.9 Å². The Labute approximate surface area is 204 Å². The summed E-state index contributed by atoms with van der Waals surface area (Å²) in [6.45, 7) is 2.01. The first kappa shape index (κ1) is 23.0. The van der Waals surface area contributed by atoms with Gasteiger partial charge in [-0.3, -0.25) is 9.48 Å². The molecule has 35 heavy (non-hydrogen) atoms. The van der Waals surface area contributed by atoms with Gasteiger partial charge in [0, 0.05) is 31.2 Å². The summed E-state index contributed by atoms with van der Waals surface area (Å²) < 4.78 is 3.48. The quantitative estimate of drug-likeness (QED) is 0.449. The molecule has 1 saturated carbocycles. The molecule has 8 nitrogen and oxygen atoms in total. The largest absolute Gasteiger partial charge is 0.391 e. The van der Waals surface area contributed by atoms with E-state index in [0.717, 1.165) is 47.2 Å². The number of aliphatic hydroxyl groups is 1. The fourth-order valence-electron chi connectivity index (χ4n) is 4.67. The van der Waals surface area contributed by atoms with Gasteiger partial charge in [-0.2, -0.15) is 10.2 Å². The van der Waals surface area contributed by atoms with E-state index in [1.807, 2.05) is 44.6 Å². The maximum atomic E-state index is 13.2. The van der Waals surface area contributed by atoms with Gasteiger partial charge in [-0.05, 0) is 61.1 Å². The van der Waals surface area contributed by atoms with Crippen LogP contribution in [-0.4, -0.2) is 47.7 Å². The van der Waals surface area contributed by atoms with E-state index in [2.05, 4.69) is 44.8 Å². The number of aromatic nitrogens is 5. The van der Waals surface area contributed by atoms with Gasteiger partial charge in [0.15, 0.2) is 5.82 Å². The molecule has 4 aromatic rings. The van der Waals surface area contributed by atoms with E-state index in [4.69, 9.17) is 0 Å². The summed E-state index contributed by atoms with van der Waals surface area (Å²) in [5, 5.41) is 22.1. The molecule has 0 radical (unpaired) electrons. The third-order valence-electron chi connectivity index (χ3n) is 6.71. The molecular weight excluding hydrogens is 440 g/mol. The summed E-state index contributed by atoms with van der Waals surface area (Å²) in [5.74, 6) is 0.364. The van der Waals surface area contributed by atoms with Crippen molar-refractivity contribution in [1.29, 1.82) is 0 Å². The van der Waals surface area contributed by atoms with Crippen molar-refractivity contribution in [2.75, 3.05) is 0 Å². The van der Waals surface area contributed by atoms with Crippen LogP contribution < -0.4 is 5.32 Å². The van der Waals surface area contributed by atoms with E-state index in [1.165, 1.54) is 0 Å². The number of nitrogens with zero attached hydrogens (tertiary/aromatic N) is 5. The first-order valence-electron chi connectivity index (χ1n) is 12.1. The van der Waals surface area contributed by atoms with Gasteiger partial charge in [0.1, 0.15) is 5.69 Å². The minimum Gasteiger partial charge on any atom is -0.391 e. The number of nitrogens with one attached hydrogen (secondary N) is 1. The van der Waals surface area contributed by atoms with Crippen LogP contribution in [0.4, 0.5) is 0 Å². The van der Waals surface area contributed by atoms with Gasteiger partial charge < -0.3 is 10.4 Å². The van der Waals surface area contributed by atoms with Crippen LogP contribution in [0.5, 0.6) is 0 Å². The maximum absolute atomic E-state index is 13.2. The topological polar surface area (TPSA) is 97.9 Å². The Balaban J connectivity index is 1.44. The number of carbonyl (C=O) groups excluding carboxylic acids is 1. The predicted octanol–water partition coefficient (Wildman–Crippen LogP) is 3.60. The molecule has 1 aromatic carbocycles. The molecule has 0 spiro atoms. The smallest absolute Gasteiger partial charge is 0.270 e. The third kappa shape index (κ3) is 5.02. The molecule has 5 rings (SSSR count). The second-order valence-electron chi connectivity index (χ2n) is 9.25. The number of hydrogen-bond donors (Lipinski definition) is 2. The number of aliphatic hydroxyl groups excluding tert-OH is 1. The van der Waals surface area contributed by atoms with Crippen LogP contribution in [0.3, 0.4) is 0 Å². The summed E-state index contributed by atoms with van der Waals surface area (Å²) in [6.07, 6.45) is 9.07. The molecule has 180 valence electrons. The van der Waals surface area contributed by atoms with Crippen molar-refractivity contribution in [3.63, 3.8) is 0 Å². The highest BCUT2D eigenvalue weighted by Gasteiger charge is 2.26. The van der Waals surface area contributed by atoms with Crippen LogP contribution in [0.2, 0.25) is 0 Å². The number of amides is 1. The Bertz CT molecular complexity index is 1310. The van der Waals surface area contributed by atoms with E-state index in [0.29, 0.717) is 24.4 Å². The number of hydrogen-bond acceptors (Lipinski definition) is 5. The van der Waals surface area contributed by atoms with Crippen molar-refractivity contribution in [2.24, 2.45) is 7.05 Å². The lowest BCUT2D eigenvalue weighted by Gasteiger charge is -2.28. The summed E-state index contributed by atoms with van der Waals surface area (Å²) in [6, 6.07) is 13.8. The second kappa shape index (κ2) is 9.84. The van der Waals surface area contributed by atoms with Gasteiger partial charge in [0.25, 0.3) is 5.91 Å². The van der Waals surface area contributed by atoms with Crippen molar-refractivity contribution >= 4 is 5.91 Å². The zero-order chi connectivity index (χ0) is 24.4. The number of pyridine rings is 1. The standard InChI is InChI=1S/C27H30N6O2/c1-18-21(16-19-8-10-20(11-9-19)22-12-15-32(2)31-22)17-24(29-26(18)33-14-5-13-28-33)27(35)30-23-6-3-4-7-25(23)34/h5,8-15,17,23,25,34H,3-4,6-7,16H2,1-2H3,(H,30,35)/t23-,25-/m0/s1.